The Morgan fingerprint density at radius 2 is 1.79 bits per heavy atom. The van der Waals surface area contributed by atoms with Gasteiger partial charge in [-0.15, -0.1) is 0 Å². The smallest absolute Gasteiger partial charge is 0.348 e. The average molecular weight is 283 g/mol. The van der Waals surface area contributed by atoms with Crippen LogP contribution in [0.25, 0.3) is 6.08 Å². The second-order valence-corrected chi connectivity index (χ2v) is 4.85. The first-order valence-electron chi connectivity index (χ1n) is 5.45. The minimum atomic E-state index is -1.27. The zero-order valence-corrected chi connectivity index (χ0v) is 11.0. The largest absolute Gasteiger partial charge is 0.506 e. The first-order chi connectivity index (χ1) is 8.78. The minimum absolute atomic E-state index is 0.0845. The van der Waals surface area contributed by atoms with Crippen molar-refractivity contribution in [2.45, 2.75) is 19.6 Å². The summed E-state index contributed by atoms with van der Waals surface area (Å²) in [7, 11) is 0. The van der Waals surface area contributed by atoms with Crippen LogP contribution in [0.15, 0.2) is 23.8 Å². The van der Waals surface area contributed by atoms with Crippen LogP contribution in [0, 0.1) is 0 Å². The predicted molar refractivity (Wildman–Crippen MR) is 67.4 cm³/mol. The topological polar surface area (TPSA) is 72.8 Å². The van der Waals surface area contributed by atoms with Crippen LogP contribution in [0.3, 0.4) is 0 Å². The lowest BCUT2D eigenvalue weighted by molar-refractivity contribution is -0.222. The van der Waals surface area contributed by atoms with E-state index in [2.05, 4.69) is 0 Å². The van der Waals surface area contributed by atoms with Crippen molar-refractivity contribution in [1.29, 1.82) is 0 Å². The molecule has 100 valence electrons. The van der Waals surface area contributed by atoms with E-state index in [1.54, 1.807) is 0 Å². The third-order valence-electron chi connectivity index (χ3n) is 2.40. The molecule has 1 aromatic rings. The first kappa shape index (κ1) is 13.4. The molecule has 0 radical (unpaired) electrons. The van der Waals surface area contributed by atoms with Crippen molar-refractivity contribution in [2.75, 3.05) is 0 Å². The maximum absolute atomic E-state index is 11.7. The van der Waals surface area contributed by atoms with Gasteiger partial charge in [-0.1, -0.05) is 17.7 Å². The molecule has 0 bridgehead atoms. The molecule has 0 saturated carbocycles. The van der Waals surface area contributed by atoms with Gasteiger partial charge in [0, 0.05) is 13.8 Å². The molecule has 1 N–H and O–H groups in total. The van der Waals surface area contributed by atoms with Gasteiger partial charge in [-0.25, -0.2) is 9.59 Å². The van der Waals surface area contributed by atoms with Crippen LogP contribution in [0.1, 0.15) is 19.4 Å². The highest BCUT2D eigenvalue weighted by Gasteiger charge is 2.38. The standard InChI is InChI=1S/C13H11ClO5/c1-13(2)18-11(16)8(12(17)19-13)5-7-3-4-10(15)9(14)6-7/h3-6,15H,1-2H3. The molecule has 0 aromatic heterocycles. The molecular formula is C13H11ClO5. The third-order valence-corrected chi connectivity index (χ3v) is 2.70. The molecule has 1 aliphatic rings. The Labute approximate surface area is 114 Å². The molecule has 1 heterocycles. The van der Waals surface area contributed by atoms with E-state index in [0.29, 0.717) is 5.56 Å². The quantitative estimate of drug-likeness (QED) is 0.486. The summed E-state index contributed by atoms with van der Waals surface area (Å²) < 4.78 is 9.90. The van der Waals surface area contributed by atoms with Crippen molar-refractivity contribution in [3.63, 3.8) is 0 Å². The maximum atomic E-state index is 11.7. The second-order valence-electron chi connectivity index (χ2n) is 4.45. The summed E-state index contributed by atoms with van der Waals surface area (Å²) in [5.74, 6) is -2.87. The van der Waals surface area contributed by atoms with Gasteiger partial charge in [-0.2, -0.15) is 0 Å². The molecule has 0 aliphatic carbocycles. The van der Waals surface area contributed by atoms with Crippen LogP contribution in [0.5, 0.6) is 5.75 Å². The number of carbonyl (C=O) groups is 2. The molecule has 19 heavy (non-hydrogen) atoms. The Morgan fingerprint density at radius 3 is 2.32 bits per heavy atom. The molecule has 1 saturated heterocycles. The second kappa shape index (κ2) is 4.59. The van der Waals surface area contributed by atoms with E-state index in [-0.39, 0.29) is 16.3 Å². The van der Waals surface area contributed by atoms with Crippen LogP contribution >= 0.6 is 11.6 Å². The Kier molecular flexibility index (Phi) is 3.24. The molecule has 1 aromatic carbocycles. The zero-order valence-electron chi connectivity index (χ0n) is 10.3. The molecule has 0 amide bonds. The molecule has 1 fully saturated rings. The average Bonchev–Trinajstić information content (AvgIpc) is 2.27. The first-order valence-corrected chi connectivity index (χ1v) is 5.83. The number of hydrogen-bond donors (Lipinski definition) is 1. The number of ether oxygens (including phenoxy) is 2. The molecular weight excluding hydrogens is 272 g/mol. The molecule has 5 nitrogen and oxygen atoms in total. The lowest BCUT2D eigenvalue weighted by atomic mass is 10.1. The van der Waals surface area contributed by atoms with Gasteiger partial charge in [0.2, 0.25) is 0 Å². The van der Waals surface area contributed by atoms with Gasteiger partial charge in [0.15, 0.2) is 0 Å². The number of phenols is 1. The maximum Gasteiger partial charge on any atom is 0.348 e. The highest BCUT2D eigenvalue weighted by atomic mass is 35.5. The van der Waals surface area contributed by atoms with Gasteiger partial charge in [0.25, 0.3) is 5.79 Å². The van der Waals surface area contributed by atoms with Gasteiger partial charge in [-0.3, -0.25) is 0 Å². The predicted octanol–water partition coefficient (Wildman–Crippen LogP) is 2.27. The molecule has 0 spiro atoms. The monoisotopic (exact) mass is 282 g/mol. The molecule has 6 heteroatoms. The fourth-order valence-corrected chi connectivity index (χ4v) is 1.75. The normalized spacial score (nSPS) is 17.7. The molecule has 0 unspecified atom stereocenters. The minimum Gasteiger partial charge on any atom is -0.506 e. The summed E-state index contributed by atoms with van der Waals surface area (Å²) in [5, 5.41) is 9.40. The Morgan fingerprint density at radius 1 is 1.21 bits per heavy atom. The van der Waals surface area contributed by atoms with Crippen molar-refractivity contribution < 1.29 is 24.2 Å². The number of benzene rings is 1. The van der Waals surface area contributed by atoms with Crippen LogP contribution in [-0.2, 0) is 19.1 Å². The van der Waals surface area contributed by atoms with Crippen molar-refractivity contribution in [1.82, 2.24) is 0 Å². The lowest BCUT2D eigenvalue weighted by Crippen LogP contribution is -2.41. The van der Waals surface area contributed by atoms with Gasteiger partial charge in [0.05, 0.1) is 5.02 Å². The van der Waals surface area contributed by atoms with Gasteiger partial charge >= 0.3 is 11.9 Å². The molecule has 0 atom stereocenters. The van der Waals surface area contributed by atoms with E-state index >= 15 is 0 Å². The zero-order chi connectivity index (χ0) is 14.2. The highest BCUT2D eigenvalue weighted by Crippen LogP contribution is 2.27. The Hall–Kier alpha value is -2.01. The number of carbonyl (C=O) groups excluding carboxylic acids is 2. The number of rotatable bonds is 1. The van der Waals surface area contributed by atoms with Crippen molar-refractivity contribution in [2.24, 2.45) is 0 Å². The van der Waals surface area contributed by atoms with Gasteiger partial charge < -0.3 is 14.6 Å². The summed E-state index contributed by atoms with van der Waals surface area (Å²) in [6.07, 6.45) is 1.30. The summed E-state index contributed by atoms with van der Waals surface area (Å²) >= 11 is 5.74. The van der Waals surface area contributed by atoms with Gasteiger partial charge in [0.1, 0.15) is 11.3 Å². The SMILES string of the molecule is CC1(C)OC(=O)C(=Cc2ccc(O)c(Cl)c2)C(=O)O1. The van der Waals surface area contributed by atoms with Crippen molar-refractivity contribution in [3.05, 3.63) is 34.4 Å². The van der Waals surface area contributed by atoms with Crippen LogP contribution in [0.4, 0.5) is 0 Å². The highest BCUT2D eigenvalue weighted by molar-refractivity contribution is 6.32. The number of phenolic OH excluding ortho intramolecular Hbond substituents is 1. The third kappa shape index (κ3) is 2.88. The number of halogens is 1. The number of cyclic esters (lactones) is 2. The summed E-state index contributed by atoms with van der Waals surface area (Å²) in [4.78, 5) is 23.4. The van der Waals surface area contributed by atoms with Crippen molar-refractivity contribution in [3.8, 4) is 5.75 Å². The number of aromatic hydroxyl groups is 1. The number of esters is 2. The fraction of sp³-hybridized carbons (Fsp3) is 0.231. The Bertz CT molecular complexity index is 567. The van der Waals surface area contributed by atoms with E-state index in [1.165, 1.54) is 38.1 Å². The van der Waals surface area contributed by atoms with E-state index < -0.39 is 17.7 Å². The van der Waals surface area contributed by atoms with Gasteiger partial charge in [-0.05, 0) is 23.8 Å². The summed E-state index contributed by atoms with van der Waals surface area (Å²) in [6, 6.07) is 4.29. The van der Waals surface area contributed by atoms with Crippen LogP contribution < -0.4 is 0 Å². The Balaban J connectivity index is 2.35. The summed E-state index contributed by atoms with van der Waals surface area (Å²) in [6.45, 7) is 2.94. The van der Waals surface area contributed by atoms with E-state index in [0.717, 1.165) is 0 Å². The molecule has 2 rings (SSSR count). The lowest BCUT2D eigenvalue weighted by Gasteiger charge is -2.29. The molecule has 1 aliphatic heterocycles. The van der Waals surface area contributed by atoms with E-state index in [4.69, 9.17) is 21.1 Å². The van der Waals surface area contributed by atoms with Crippen molar-refractivity contribution >= 4 is 29.6 Å². The fourth-order valence-electron chi connectivity index (χ4n) is 1.56. The van der Waals surface area contributed by atoms with Crippen LogP contribution in [0.2, 0.25) is 5.02 Å². The van der Waals surface area contributed by atoms with E-state index in [9.17, 15) is 14.7 Å². The van der Waals surface area contributed by atoms with E-state index in [1.807, 2.05) is 0 Å². The number of hydrogen-bond acceptors (Lipinski definition) is 5. The summed E-state index contributed by atoms with van der Waals surface area (Å²) in [5.41, 5.74) is 0.257. The van der Waals surface area contributed by atoms with Crippen LogP contribution in [-0.4, -0.2) is 22.8 Å².